The van der Waals surface area contributed by atoms with Gasteiger partial charge in [-0.3, -0.25) is 0 Å². The Kier molecular flexibility index (Phi) is 3.49. The molecule has 0 unspecified atom stereocenters. The molecule has 2 aromatic rings. The van der Waals surface area contributed by atoms with Gasteiger partial charge in [-0.05, 0) is 11.6 Å². The van der Waals surface area contributed by atoms with Crippen LogP contribution in [0.4, 0.5) is 0 Å². The second-order valence-electron chi connectivity index (χ2n) is 4.39. The van der Waals surface area contributed by atoms with E-state index in [1.54, 1.807) is 6.07 Å². The number of rotatable bonds is 4. The summed E-state index contributed by atoms with van der Waals surface area (Å²) in [6.07, 6.45) is 0. The van der Waals surface area contributed by atoms with Crippen molar-refractivity contribution in [2.75, 3.05) is 6.79 Å². The van der Waals surface area contributed by atoms with Crippen molar-refractivity contribution in [3.05, 3.63) is 48.0 Å². The summed E-state index contributed by atoms with van der Waals surface area (Å²) >= 11 is 0. The van der Waals surface area contributed by atoms with Crippen LogP contribution in [0.5, 0.6) is 17.2 Å². The normalized spacial score (nSPS) is 12.3. The molecular weight excluding hydrogens is 259 g/mol. The van der Waals surface area contributed by atoms with Gasteiger partial charge in [0.2, 0.25) is 6.79 Å². The maximum atomic E-state index is 9.41. The zero-order chi connectivity index (χ0) is 13.9. The predicted molar refractivity (Wildman–Crippen MR) is 73.2 cm³/mol. The zero-order valence-corrected chi connectivity index (χ0v) is 10.7. The molecule has 2 aromatic carbocycles. The highest BCUT2D eigenvalue weighted by Crippen LogP contribution is 2.34. The quantitative estimate of drug-likeness (QED) is 0.801. The Morgan fingerprint density at radius 1 is 1.05 bits per heavy atom. The third-order valence-electron chi connectivity index (χ3n) is 3.02. The van der Waals surface area contributed by atoms with Crippen molar-refractivity contribution in [2.24, 2.45) is 0 Å². The van der Waals surface area contributed by atoms with Crippen LogP contribution in [0.25, 0.3) is 0 Å². The highest BCUT2D eigenvalue weighted by atomic mass is 16.7. The molecule has 0 saturated carbocycles. The van der Waals surface area contributed by atoms with Crippen molar-refractivity contribution in [2.45, 2.75) is 6.61 Å². The van der Waals surface area contributed by atoms with E-state index in [2.05, 4.69) is 0 Å². The van der Waals surface area contributed by atoms with Crippen LogP contribution in [0, 0.1) is 0 Å². The Bertz CT molecular complexity index is 600. The Balaban J connectivity index is 1.84. The van der Waals surface area contributed by atoms with Gasteiger partial charge in [0.05, 0.1) is 0 Å². The average molecular weight is 272 g/mol. The van der Waals surface area contributed by atoms with Crippen molar-refractivity contribution in [1.82, 2.24) is 0 Å². The maximum absolute atomic E-state index is 9.41. The van der Waals surface area contributed by atoms with Gasteiger partial charge in [-0.15, -0.1) is 0 Å². The molecule has 0 bridgehead atoms. The summed E-state index contributed by atoms with van der Waals surface area (Å²) in [6, 6.07) is 12.8. The zero-order valence-electron chi connectivity index (χ0n) is 10.7. The van der Waals surface area contributed by atoms with Gasteiger partial charge in [0.1, 0.15) is 12.4 Å². The molecule has 2 N–H and O–H groups in total. The minimum atomic E-state index is -1.63. The number of fused-ring (bicyclic) bond motifs is 1. The second-order valence-corrected chi connectivity index (χ2v) is 4.39. The first kappa shape index (κ1) is 12.8. The van der Waals surface area contributed by atoms with Gasteiger partial charge >= 0.3 is 7.12 Å². The van der Waals surface area contributed by atoms with Crippen LogP contribution < -0.4 is 19.7 Å². The molecule has 0 fully saturated rings. The lowest BCUT2D eigenvalue weighted by atomic mass is 9.79. The van der Waals surface area contributed by atoms with E-state index in [4.69, 9.17) is 14.2 Å². The van der Waals surface area contributed by atoms with Crippen LogP contribution in [0.2, 0.25) is 0 Å². The molecule has 6 heteroatoms. The molecular formula is C14H13BO5. The standard InChI is InChI=1S/C14H13BO5/c16-15(17)11-6-13-14(20-9-19-13)7-12(11)18-8-10-4-2-1-3-5-10/h1-7,16-17H,8-9H2. The molecule has 0 spiro atoms. The van der Waals surface area contributed by atoms with E-state index in [0.29, 0.717) is 23.9 Å². The first-order chi connectivity index (χ1) is 9.74. The van der Waals surface area contributed by atoms with Crippen LogP contribution in [-0.2, 0) is 6.61 Å². The molecule has 0 aliphatic carbocycles. The lowest BCUT2D eigenvalue weighted by Gasteiger charge is -2.12. The fraction of sp³-hybridized carbons (Fsp3) is 0.143. The smallest absolute Gasteiger partial charge is 0.489 e. The van der Waals surface area contributed by atoms with E-state index < -0.39 is 7.12 Å². The van der Waals surface area contributed by atoms with Gasteiger partial charge < -0.3 is 24.3 Å². The summed E-state index contributed by atoms with van der Waals surface area (Å²) in [5, 5.41) is 18.8. The molecule has 1 aliphatic heterocycles. The van der Waals surface area contributed by atoms with E-state index >= 15 is 0 Å². The van der Waals surface area contributed by atoms with E-state index in [9.17, 15) is 10.0 Å². The predicted octanol–water partition coefficient (Wildman–Crippen LogP) is 0.674. The SMILES string of the molecule is OB(O)c1cc2c(cc1OCc1ccccc1)OCO2. The summed E-state index contributed by atoms with van der Waals surface area (Å²) in [5.74, 6) is 1.39. The van der Waals surface area contributed by atoms with E-state index in [-0.39, 0.29) is 12.3 Å². The highest BCUT2D eigenvalue weighted by molar-refractivity contribution is 6.59. The second kappa shape index (κ2) is 5.44. The van der Waals surface area contributed by atoms with Gasteiger partial charge in [-0.25, -0.2) is 0 Å². The van der Waals surface area contributed by atoms with Crippen LogP contribution >= 0.6 is 0 Å². The molecule has 0 atom stereocenters. The first-order valence-electron chi connectivity index (χ1n) is 6.20. The summed E-state index contributed by atoms with van der Waals surface area (Å²) in [6.45, 7) is 0.457. The lowest BCUT2D eigenvalue weighted by Crippen LogP contribution is -2.31. The van der Waals surface area contributed by atoms with E-state index in [0.717, 1.165) is 5.56 Å². The van der Waals surface area contributed by atoms with Gasteiger partial charge in [0, 0.05) is 11.5 Å². The van der Waals surface area contributed by atoms with E-state index in [1.807, 2.05) is 30.3 Å². The molecule has 0 radical (unpaired) electrons. The van der Waals surface area contributed by atoms with Gasteiger partial charge in [-0.1, -0.05) is 30.3 Å². The lowest BCUT2D eigenvalue weighted by molar-refractivity contribution is 0.173. The molecule has 0 saturated heterocycles. The van der Waals surface area contributed by atoms with Crippen LogP contribution in [0.1, 0.15) is 5.56 Å². The summed E-state index contributed by atoms with van der Waals surface area (Å²) in [7, 11) is -1.63. The monoisotopic (exact) mass is 272 g/mol. The molecule has 20 heavy (non-hydrogen) atoms. The third kappa shape index (κ3) is 2.56. The fourth-order valence-electron chi connectivity index (χ4n) is 2.00. The molecule has 102 valence electrons. The summed E-state index contributed by atoms with van der Waals surface area (Å²) < 4.78 is 16.1. The van der Waals surface area contributed by atoms with E-state index in [1.165, 1.54) is 6.07 Å². The number of hydrogen-bond acceptors (Lipinski definition) is 5. The molecule has 1 aliphatic rings. The fourth-order valence-corrected chi connectivity index (χ4v) is 2.00. The largest absolute Gasteiger partial charge is 0.492 e. The molecule has 5 nitrogen and oxygen atoms in total. The Morgan fingerprint density at radius 2 is 1.75 bits per heavy atom. The minimum Gasteiger partial charge on any atom is -0.489 e. The van der Waals surface area contributed by atoms with Crippen LogP contribution in [-0.4, -0.2) is 24.0 Å². The third-order valence-corrected chi connectivity index (χ3v) is 3.02. The van der Waals surface area contributed by atoms with Gasteiger partial charge in [0.25, 0.3) is 0 Å². The van der Waals surface area contributed by atoms with Gasteiger partial charge in [-0.2, -0.15) is 0 Å². The first-order valence-corrected chi connectivity index (χ1v) is 6.20. The summed E-state index contributed by atoms with van der Waals surface area (Å²) in [5.41, 5.74) is 1.24. The van der Waals surface area contributed by atoms with Crippen LogP contribution in [0.3, 0.4) is 0 Å². The van der Waals surface area contributed by atoms with Gasteiger partial charge in [0.15, 0.2) is 11.5 Å². The molecule has 0 amide bonds. The summed E-state index contributed by atoms with van der Waals surface area (Å²) in [4.78, 5) is 0. The maximum Gasteiger partial charge on any atom is 0.492 e. The number of ether oxygens (including phenoxy) is 3. The average Bonchev–Trinajstić information content (AvgIpc) is 2.92. The van der Waals surface area contributed by atoms with Crippen molar-refractivity contribution in [3.8, 4) is 17.2 Å². The Labute approximate surface area is 116 Å². The molecule has 3 rings (SSSR count). The Morgan fingerprint density at radius 3 is 2.45 bits per heavy atom. The Hall–Kier alpha value is -2.18. The topological polar surface area (TPSA) is 68.2 Å². The number of benzene rings is 2. The minimum absolute atomic E-state index is 0.123. The van der Waals surface area contributed by atoms with Crippen molar-refractivity contribution < 1.29 is 24.3 Å². The van der Waals surface area contributed by atoms with Crippen molar-refractivity contribution in [3.63, 3.8) is 0 Å². The van der Waals surface area contributed by atoms with Crippen molar-refractivity contribution in [1.29, 1.82) is 0 Å². The van der Waals surface area contributed by atoms with Crippen LogP contribution in [0.15, 0.2) is 42.5 Å². The molecule has 0 aromatic heterocycles. The number of hydrogen-bond donors (Lipinski definition) is 2. The molecule has 1 heterocycles. The van der Waals surface area contributed by atoms with Crippen molar-refractivity contribution >= 4 is 12.6 Å². The highest BCUT2D eigenvalue weighted by Gasteiger charge is 2.24.